The van der Waals surface area contributed by atoms with Crippen LogP contribution in [0.2, 0.25) is 0 Å². The van der Waals surface area contributed by atoms with E-state index in [9.17, 15) is 14.4 Å². The Labute approximate surface area is 162 Å². The Bertz CT molecular complexity index is 244. The molecule has 0 atom stereocenters. The van der Waals surface area contributed by atoms with E-state index in [0.717, 1.165) is 0 Å². The van der Waals surface area contributed by atoms with Crippen molar-refractivity contribution in [2.45, 2.75) is 18.4 Å². The van der Waals surface area contributed by atoms with Crippen LogP contribution in [-0.2, 0) is 14.4 Å². The Morgan fingerprint density at radius 3 is 1.29 bits per heavy atom. The molecule has 0 fully saturated rings. The van der Waals surface area contributed by atoms with E-state index in [1.54, 1.807) is 0 Å². The Morgan fingerprint density at radius 2 is 1.18 bits per heavy atom. The standard InChI is InChI=1S/C6H8O7.3Na.H3Si.2H/c7-3(8)1-6(13,5(11)12)2-4(9)10;;;;;;/h13H,1-2H2,(H,7,8)(H,9,10)(H,11,12);;;;1H3;;. The Morgan fingerprint density at radius 1 is 0.941 bits per heavy atom. The summed E-state index contributed by atoms with van der Waals surface area (Å²) >= 11 is 1.44. The minimum atomic E-state index is -2.74. The van der Waals surface area contributed by atoms with Crippen molar-refractivity contribution in [2.75, 3.05) is 0 Å². The van der Waals surface area contributed by atoms with Gasteiger partial charge in [0.25, 0.3) is 0 Å². The zero-order valence-corrected chi connectivity index (χ0v) is 12.4. The Balaban J connectivity index is -0.000000199. The molecule has 0 aliphatic heterocycles. The van der Waals surface area contributed by atoms with Crippen LogP contribution in [0.1, 0.15) is 12.8 Å². The van der Waals surface area contributed by atoms with Crippen molar-refractivity contribution in [3.05, 3.63) is 0 Å². The summed E-state index contributed by atoms with van der Waals surface area (Å²) in [6.07, 6.45) is -2.29. The molecule has 0 aromatic heterocycles. The molecular weight excluding hydrogens is 281 g/mol. The fourth-order valence-electron chi connectivity index (χ4n) is 0.714. The first kappa shape index (κ1) is 27.0. The summed E-state index contributed by atoms with van der Waals surface area (Å²) in [6.45, 7) is 1.44. The molecule has 0 aromatic carbocycles. The maximum atomic E-state index is 10.3. The van der Waals surface area contributed by atoms with E-state index in [1.165, 1.54) is 33.8 Å². The summed E-state index contributed by atoms with van der Waals surface area (Å²) in [7, 11) is 0. The zero-order valence-electron chi connectivity index (χ0n) is 8.43. The zero-order chi connectivity index (χ0) is 12.6. The average molecular weight is 294 g/mol. The quantitative estimate of drug-likeness (QED) is 0.379. The van der Waals surface area contributed by atoms with Gasteiger partial charge >= 0.3 is 111 Å². The van der Waals surface area contributed by atoms with Gasteiger partial charge < -0.3 is 20.4 Å². The third kappa shape index (κ3) is 13.8. The van der Waals surface area contributed by atoms with Gasteiger partial charge in [-0.3, -0.25) is 9.59 Å². The molecule has 0 spiro atoms. The number of carbonyl (C=O) groups is 3. The molecule has 0 saturated heterocycles. The Kier molecular flexibility index (Phi) is 22.3. The number of hydrogen-bond acceptors (Lipinski definition) is 4. The van der Waals surface area contributed by atoms with E-state index >= 15 is 0 Å². The molecule has 17 heavy (non-hydrogen) atoms. The minimum absolute atomic E-state index is 0. The van der Waals surface area contributed by atoms with E-state index in [4.69, 9.17) is 20.4 Å². The van der Waals surface area contributed by atoms with Crippen molar-refractivity contribution in [1.29, 1.82) is 0 Å². The topological polar surface area (TPSA) is 132 Å². The van der Waals surface area contributed by atoms with Crippen LogP contribution >= 0.6 is 0 Å². The third-order valence-electron chi connectivity index (χ3n) is 1.29. The van der Waals surface area contributed by atoms with Crippen molar-refractivity contribution in [1.82, 2.24) is 0 Å². The van der Waals surface area contributed by atoms with Gasteiger partial charge in [0.15, 0.2) is 5.60 Å². The average Bonchev–Trinajstić information content (AvgIpc) is 2.04. The fraction of sp³-hybridized carbons (Fsp3) is 0.500. The van der Waals surface area contributed by atoms with Gasteiger partial charge in [0, 0.05) is 0 Å². The molecule has 0 aliphatic carbocycles. The second-order valence-corrected chi connectivity index (χ2v) is 2.48. The molecule has 0 aromatic rings. The third-order valence-corrected chi connectivity index (χ3v) is 1.29. The number of carboxylic acids is 3. The molecule has 7 nitrogen and oxygen atoms in total. The van der Waals surface area contributed by atoms with Gasteiger partial charge in [-0.05, 0) is 0 Å². The van der Waals surface area contributed by atoms with Crippen molar-refractivity contribution >= 4 is 111 Å². The summed E-state index contributed by atoms with van der Waals surface area (Å²) in [5.74, 6) is -5.02. The molecule has 11 heteroatoms. The van der Waals surface area contributed by atoms with Gasteiger partial charge in [-0.1, -0.05) is 0 Å². The van der Waals surface area contributed by atoms with Crippen molar-refractivity contribution in [3.63, 3.8) is 0 Å². The molecule has 0 bridgehead atoms. The van der Waals surface area contributed by atoms with Gasteiger partial charge in [-0.2, -0.15) is 0 Å². The summed E-state index contributed by atoms with van der Waals surface area (Å²) in [5, 5.41) is 33.8. The van der Waals surface area contributed by atoms with Crippen molar-refractivity contribution in [2.24, 2.45) is 0 Å². The summed E-state index contributed by atoms with van der Waals surface area (Å²) in [5.41, 5.74) is -2.74. The monoisotopic (exact) mass is 294 g/mol. The number of hydrogen-bond donors (Lipinski definition) is 4. The number of aliphatic hydroxyl groups is 1. The second-order valence-electron chi connectivity index (χ2n) is 2.48. The Hall–Kier alpha value is 1.59. The first-order chi connectivity index (χ1) is 6.78. The predicted molar refractivity (Wildman–Crippen MR) is 67.1 cm³/mol. The molecule has 0 unspecified atom stereocenters. The SMILES string of the molecule is O=C(O)CC(O)(CC(=O)O)C(=O)O.[NaH].[NaH].[Na][SiH3]. The number of rotatable bonds is 5. The van der Waals surface area contributed by atoms with Gasteiger partial charge in [0.2, 0.25) is 0 Å². The fourth-order valence-corrected chi connectivity index (χ4v) is 0.714. The first-order valence-electron chi connectivity index (χ1n) is 4.17. The number of aliphatic carboxylic acids is 3. The van der Waals surface area contributed by atoms with Gasteiger partial charge in [-0.15, -0.1) is 0 Å². The van der Waals surface area contributed by atoms with E-state index in [1.807, 2.05) is 0 Å². The molecule has 0 rings (SSSR count). The molecule has 86 valence electrons. The molecule has 0 saturated carbocycles. The van der Waals surface area contributed by atoms with Crippen LogP contribution in [0.3, 0.4) is 0 Å². The van der Waals surface area contributed by atoms with E-state index < -0.39 is 36.4 Å². The normalized spacial score (nSPS) is 8.88. The van der Waals surface area contributed by atoms with Gasteiger partial charge in [0.05, 0.1) is 12.8 Å². The predicted octanol–water partition coefficient (Wildman–Crippen LogP) is -4.11. The molecule has 0 radical (unpaired) electrons. The van der Waals surface area contributed by atoms with Crippen LogP contribution in [0.5, 0.6) is 0 Å². The van der Waals surface area contributed by atoms with E-state index in [0.29, 0.717) is 0 Å². The van der Waals surface area contributed by atoms with Gasteiger partial charge in [-0.25, -0.2) is 4.79 Å². The first-order valence-corrected chi connectivity index (χ1v) is 12.2. The van der Waals surface area contributed by atoms with Crippen LogP contribution in [0.25, 0.3) is 0 Å². The number of carboxylic acid groups (broad SMARTS) is 3. The van der Waals surface area contributed by atoms with E-state index in [-0.39, 0.29) is 59.1 Å². The van der Waals surface area contributed by atoms with Crippen molar-refractivity contribution in [3.8, 4) is 0 Å². The van der Waals surface area contributed by atoms with Crippen LogP contribution < -0.4 is 0 Å². The molecular formula is C6H13Na3O7Si. The molecule has 0 aliphatic rings. The van der Waals surface area contributed by atoms with E-state index in [2.05, 4.69) is 0 Å². The maximum absolute atomic E-state index is 10.3. The summed E-state index contributed by atoms with van der Waals surface area (Å²) in [4.78, 5) is 30.5. The molecule has 4 N–H and O–H groups in total. The molecule has 0 heterocycles. The summed E-state index contributed by atoms with van der Waals surface area (Å²) < 4.78 is 0. The second kappa shape index (κ2) is 14.0. The van der Waals surface area contributed by atoms with Crippen LogP contribution in [0.4, 0.5) is 0 Å². The van der Waals surface area contributed by atoms with Crippen LogP contribution in [0.15, 0.2) is 0 Å². The van der Waals surface area contributed by atoms with Gasteiger partial charge in [0.1, 0.15) is 0 Å². The van der Waals surface area contributed by atoms with Crippen LogP contribution in [-0.4, -0.2) is 137 Å². The van der Waals surface area contributed by atoms with Crippen molar-refractivity contribution < 1.29 is 34.8 Å². The van der Waals surface area contributed by atoms with Crippen LogP contribution in [0, 0.1) is 0 Å². The molecule has 0 amide bonds. The summed E-state index contributed by atoms with van der Waals surface area (Å²) in [6, 6.07) is 0.